The number of carbonyl (C=O) groups is 2. The average molecular weight is 314 g/mol. The second-order valence-corrected chi connectivity index (χ2v) is 6.06. The summed E-state index contributed by atoms with van der Waals surface area (Å²) in [5.74, 6) is 0.402. The Hall–Kier alpha value is -2.21. The minimum atomic E-state index is -0.688. The Morgan fingerprint density at radius 3 is 2.52 bits per heavy atom. The first-order valence-electron chi connectivity index (χ1n) is 8.05. The van der Waals surface area contributed by atoms with Crippen molar-refractivity contribution in [3.05, 3.63) is 35.9 Å². The van der Waals surface area contributed by atoms with Crippen molar-refractivity contribution in [3.63, 3.8) is 0 Å². The second-order valence-electron chi connectivity index (χ2n) is 6.06. The molecular formula is C17H22N4O2. The maximum absolute atomic E-state index is 12.4. The van der Waals surface area contributed by atoms with E-state index in [0.717, 1.165) is 6.54 Å². The summed E-state index contributed by atoms with van der Waals surface area (Å²) in [6, 6.07) is 9.72. The van der Waals surface area contributed by atoms with Crippen LogP contribution in [0, 0.1) is 5.41 Å². The summed E-state index contributed by atoms with van der Waals surface area (Å²) < 4.78 is 0. The predicted molar refractivity (Wildman–Crippen MR) is 87.5 cm³/mol. The number of imide groups is 1. The van der Waals surface area contributed by atoms with Crippen LogP contribution in [0.3, 0.4) is 0 Å². The van der Waals surface area contributed by atoms with Crippen LogP contribution in [0.2, 0.25) is 0 Å². The number of nitrogens with one attached hydrogen (secondary N) is 1. The molecule has 2 aliphatic rings. The van der Waals surface area contributed by atoms with E-state index in [1.54, 1.807) is 4.90 Å². The van der Waals surface area contributed by atoms with Crippen LogP contribution in [0.25, 0.3) is 0 Å². The summed E-state index contributed by atoms with van der Waals surface area (Å²) in [5.41, 5.74) is 0.490. The predicted octanol–water partition coefficient (Wildman–Crippen LogP) is 2.17. The smallest absolute Gasteiger partial charge is 0.277 e. The number of amides is 3. The van der Waals surface area contributed by atoms with Crippen LogP contribution in [0.1, 0.15) is 32.3 Å². The van der Waals surface area contributed by atoms with Gasteiger partial charge in [0.15, 0.2) is 0 Å². The monoisotopic (exact) mass is 314 g/mol. The third kappa shape index (κ3) is 2.63. The molecule has 1 aromatic carbocycles. The van der Waals surface area contributed by atoms with E-state index in [2.05, 4.69) is 27.3 Å². The summed E-state index contributed by atoms with van der Waals surface area (Å²) in [5, 5.41) is 2.50. The van der Waals surface area contributed by atoms with Gasteiger partial charge < -0.3 is 0 Å². The molecule has 1 aromatic rings. The summed E-state index contributed by atoms with van der Waals surface area (Å²) in [4.78, 5) is 32.9. The molecule has 0 bridgehead atoms. The van der Waals surface area contributed by atoms with E-state index < -0.39 is 5.41 Å². The maximum atomic E-state index is 12.4. The number of amidine groups is 1. The molecule has 6 nitrogen and oxygen atoms in total. The number of aliphatic imine (C=N–C) groups is 1. The molecule has 0 aliphatic carbocycles. The molecule has 1 fully saturated rings. The topological polar surface area (TPSA) is 65.0 Å². The number of hydrogen-bond donors (Lipinski definition) is 1. The fourth-order valence-corrected chi connectivity index (χ4v) is 3.35. The molecule has 1 saturated heterocycles. The van der Waals surface area contributed by atoms with Crippen molar-refractivity contribution in [2.45, 2.75) is 33.2 Å². The third-order valence-corrected chi connectivity index (χ3v) is 4.80. The molecule has 0 spiro atoms. The molecule has 0 atom stereocenters. The van der Waals surface area contributed by atoms with Crippen molar-refractivity contribution in [3.8, 4) is 0 Å². The van der Waals surface area contributed by atoms with Crippen molar-refractivity contribution in [1.29, 1.82) is 0 Å². The number of nitrogens with zero attached hydrogens (tertiary/aromatic N) is 3. The maximum Gasteiger partial charge on any atom is 0.330 e. The highest BCUT2D eigenvalue weighted by molar-refractivity contribution is 6.21. The van der Waals surface area contributed by atoms with Crippen LogP contribution in [0.15, 0.2) is 35.3 Å². The highest BCUT2D eigenvalue weighted by Gasteiger charge is 2.50. The van der Waals surface area contributed by atoms with Gasteiger partial charge in [0.2, 0.25) is 5.91 Å². The zero-order valence-corrected chi connectivity index (χ0v) is 13.6. The molecule has 6 heteroatoms. The summed E-state index contributed by atoms with van der Waals surface area (Å²) >= 11 is 0. The minimum Gasteiger partial charge on any atom is -0.277 e. The molecule has 23 heavy (non-hydrogen) atoms. The number of benzene rings is 1. The molecule has 0 aromatic heterocycles. The number of fused-ring (bicyclic) bond motifs is 1. The van der Waals surface area contributed by atoms with E-state index in [-0.39, 0.29) is 11.9 Å². The number of carbonyl (C=O) groups excluding carboxylic acids is 2. The lowest BCUT2D eigenvalue weighted by molar-refractivity contribution is -0.128. The normalized spacial score (nSPS) is 20.8. The van der Waals surface area contributed by atoms with E-state index in [1.807, 2.05) is 32.0 Å². The highest BCUT2D eigenvalue weighted by atomic mass is 16.2. The van der Waals surface area contributed by atoms with E-state index in [9.17, 15) is 9.59 Å². The summed E-state index contributed by atoms with van der Waals surface area (Å²) in [7, 11) is 0. The van der Waals surface area contributed by atoms with Crippen LogP contribution in [-0.4, -0.2) is 40.9 Å². The number of rotatable bonds is 4. The zero-order valence-electron chi connectivity index (χ0n) is 13.6. The van der Waals surface area contributed by atoms with Crippen molar-refractivity contribution >= 4 is 17.8 Å². The number of urea groups is 1. The lowest BCUT2D eigenvalue weighted by Gasteiger charge is -2.45. The van der Waals surface area contributed by atoms with Gasteiger partial charge in [0.05, 0.1) is 13.3 Å². The van der Waals surface area contributed by atoms with Gasteiger partial charge in [-0.25, -0.2) is 4.79 Å². The van der Waals surface area contributed by atoms with Crippen LogP contribution < -0.4 is 5.32 Å². The van der Waals surface area contributed by atoms with Gasteiger partial charge >= 0.3 is 6.03 Å². The SMILES string of the molecule is CCC1(CC)C(=O)NC(=O)N2CN(Cc3ccccc3)CN=C21. The Balaban J connectivity index is 1.85. The van der Waals surface area contributed by atoms with Gasteiger partial charge in [-0.15, -0.1) is 0 Å². The Morgan fingerprint density at radius 2 is 1.87 bits per heavy atom. The fourth-order valence-electron chi connectivity index (χ4n) is 3.35. The van der Waals surface area contributed by atoms with Crippen molar-refractivity contribution < 1.29 is 9.59 Å². The van der Waals surface area contributed by atoms with E-state index in [4.69, 9.17) is 0 Å². The molecule has 122 valence electrons. The third-order valence-electron chi connectivity index (χ3n) is 4.80. The van der Waals surface area contributed by atoms with Crippen molar-refractivity contribution in [1.82, 2.24) is 15.1 Å². The first-order valence-corrected chi connectivity index (χ1v) is 8.05. The molecule has 2 aliphatic heterocycles. The second kappa shape index (κ2) is 6.12. The first kappa shape index (κ1) is 15.7. The van der Waals surface area contributed by atoms with Gasteiger partial charge in [0.1, 0.15) is 11.3 Å². The summed E-state index contributed by atoms with van der Waals surface area (Å²) in [6.07, 6.45) is 1.27. The van der Waals surface area contributed by atoms with E-state index in [0.29, 0.717) is 32.0 Å². The van der Waals surface area contributed by atoms with Crippen molar-refractivity contribution in [2.24, 2.45) is 10.4 Å². The molecule has 3 rings (SSSR count). The van der Waals surface area contributed by atoms with Gasteiger partial charge in [0.25, 0.3) is 0 Å². The Bertz CT molecular complexity index is 637. The van der Waals surface area contributed by atoms with Crippen LogP contribution in [-0.2, 0) is 11.3 Å². The summed E-state index contributed by atoms with van der Waals surface area (Å²) in [6.45, 7) is 5.62. The average Bonchev–Trinajstić information content (AvgIpc) is 2.57. The van der Waals surface area contributed by atoms with Gasteiger partial charge in [-0.1, -0.05) is 44.2 Å². The Morgan fingerprint density at radius 1 is 1.17 bits per heavy atom. The van der Waals surface area contributed by atoms with Gasteiger partial charge in [-0.05, 0) is 18.4 Å². The highest BCUT2D eigenvalue weighted by Crippen LogP contribution is 2.34. The zero-order chi connectivity index (χ0) is 16.4. The number of hydrogen-bond acceptors (Lipinski definition) is 4. The molecule has 3 amide bonds. The fraction of sp³-hybridized carbons (Fsp3) is 0.471. The van der Waals surface area contributed by atoms with Crippen LogP contribution in [0.4, 0.5) is 4.79 Å². The standard InChI is InChI=1S/C17H22N4O2/c1-3-17(4-2)14-18-11-20(10-13-8-6-5-7-9-13)12-21(14)16(23)19-15(17)22/h5-9H,3-4,10-12H2,1-2H3,(H,19,22,23). The molecule has 0 radical (unpaired) electrons. The molecule has 2 heterocycles. The molecule has 0 saturated carbocycles. The molecular weight excluding hydrogens is 292 g/mol. The largest absolute Gasteiger partial charge is 0.330 e. The Kier molecular flexibility index (Phi) is 4.17. The van der Waals surface area contributed by atoms with Crippen LogP contribution in [0.5, 0.6) is 0 Å². The van der Waals surface area contributed by atoms with Crippen LogP contribution >= 0.6 is 0 Å². The molecule has 0 unspecified atom stereocenters. The van der Waals surface area contributed by atoms with Crippen molar-refractivity contribution in [2.75, 3.05) is 13.3 Å². The Labute approximate surface area is 136 Å². The van der Waals surface area contributed by atoms with Gasteiger partial charge in [-0.2, -0.15) is 0 Å². The van der Waals surface area contributed by atoms with E-state index in [1.165, 1.54) is 5.56 Å². The minimum absolute atomic E-state index is 0.223. The van der Waals surface area contributed by atoms with Gasteiger partial charge in [-0.3, -0.25) is 24.9 Å². The lowest BCUT2D eigenvalue weighted by Crippen LogP contribution is -2.66. The van der Waals surface area contributed by atoms with E-state index >= 15 is 0 Å². The lowest BCUT2D eigenvalue weighted by atomic mass is 9.78. The molecule has 1 N–H and O–H groups in total. The first-order chi connectivity index (χ1) is 11.1. The quantitative estimate of drug-likeness (QED) is 0.926. The van der Waals surface area contributed by atoms with Gasteiger partial charge in [0, 0.05) is 6.54 Å².